The number of aliphatic hydroxyl groups is 1. The standard InChI is InChI=1S/C17H26N2O2S/c1-2-11-22-13-17(21)18-16-6-4-3-5-14(16)12-19-9-7-15(20)8-10-19/h3-6,15,20H,2,7-13H2,1H3,(H,18,21). The highest BCUT2D eigenvalue weighted by Gasteiger charge is 2.18. The van der Waals surface area contributed by atoms with Crippen molar-refractivity contribution in [2.24, 2.45) is 0 Å². The minimum absolute atomic E-state index is 0.0694. The maximum absolute atomic E-state index is 12.0. The van der Waals surface area contributed by atoms with Crippen molar-refractivity contribution in [2.75, 3.05) is 29.9 Å². The number of thioether (sulfide) groups is 1. The summed E-state index contributed by atoms with van der Waals surface area (Å²) >= 11 is 1.67. The normalized spacial score (nSPS) is 16.6. The molecule has 0 aliphatic carbocycles. The maximum Gasteiger partial charge on any atom is 0.234 e. The number of aliphatic hydroxyl groups excluding tert-OH is 1. The first kappa shape index (κ1) is 17.3. The van der Waals surface area contributed by atoms with Gasteiger partial charge in [0.2, 0.25) is 5.91 Å². The van der Waals surface area contributed by atoms with E-state index < -0.39 is 0 Å². The van der Waals surface area contributed by atoms with Gasteiger partial charge in [0, 0.05) is 25.3 Å². The second kappa shape index (κ2) is 9.18. The Labute approximate surface area is 137 Å². The van der Waals surface area contributed by atoms with Crippen molar-refractivity contribution in [3.63, 3.8) is 0 Å². The lowest BCUT2D eigenvalue weighted by atomic mass is 10.1. The first-order chi connectivity index (χ1) is 10.7. The number of likely N-dealkylation sites (tertiary alicyclic amines) is 1. The fraction of sp³-hybridized carbons (Fsp3) is 0.588. The summed E-state index contributed by atoms with van der Waals surface area (Å²) in [6.07, 6.45) is 2.61. The number of piperidine rings is 1. The molecule has 0 radical (unpaired) electrons. The van der Waals surface area contributed by atoms with Crippen molar-refractivity contribution < 1.29 is 9.90 Å². The molecule has 22 heavy (non-hydrogen) atoms. The average Bonchev–Trinajstić information content (AvgIpc) is 2.52. The number of benzene rings is 1. The van der Waals surface area contributed by atoms with Gasteiger partial charge < -0.3 is 10.4 Å². The summed E-state index contributed by atoms with van der Waals surface area (Å²) in [6, 6.07) is 8.00. The van der Waals surface area contributed by atoms with E-state index in [9.17, 15) is 9.90 Å². The molecule has 0 spiro atoms. The Hall–Kier alpha value is -1.04. The largest absolute Gasteiger partial charge is 0.393 e. The molecule has 0 bridgehead atoms. The fourth-order valence-corrected chi connectivity index (χ4v) is 3.28. The topological polar surface area (TPSA) is 52.6 Å². The van der Waals surface area contributed by atoms with Crippen LogP contribution in [0, 0.1) is 0 Å². The van der Waals surface area contributed by atoms with Gasteiger partial charge in [0.1, 0.15) is 0 Å². The quantitative estimate of drug-likeness (QED) is 0.758. The number of para-hydroxylation sites is 1. The van der Waals surface area contributed by atoms with E-state index >= 15 is 0 Å². The number of nitrogens with zero attached hydrogens (tertiary/aromatic N) is 1. The van der Waals surface area contributed by atoms with Gasteiger partial charge in [-0.15, -0.1) is 0 Å². The van der Waals surface area contributed by atoms with Crippen LogP contribution in [0.1, 0.15) is 31.7 Å². The molecule has 2 N–H and O–H groups in total. The molecule has 1 aromatic rings. The van der Waals surface area contributed by atoms with E-state index in [0.29, 0.717) is 5.75 Å². The van der Waals surface area contributed by atoms with Gasteiger partial charge in [-0.05, 0) is 36.6 Å². The predicted molar refractivity (Wildman–Crippen MR) is 93.2 cm³/mol. The number of hydrogen-bond donors (Lipinski definition) is 2. The third kappa shape index (κ3) is 5.63. The molecule has 0 aromatic heterocycles. The van der Waals surface area contributed by atoms with Gasteiger partial charge in [0.15, 0.2) is 0 Å². The van der Waals surface area contributed by atoms with Crippen LogP contribution in [0.4, 0.5) is 5.69 Å². The number of rotatable bonds is 7. The molecule has 0 atom stereocenters. The second-order valence-electron chi connectivity index (χ2n) is 5.77. The van der Waals surface area contributed by atoms with Gasteiger partial charge in [-0.3, -0.25) is 9.69 Å². The van der Waals surface area contributed by atoms with Crippen LogP contribution in [0.5, 0.6) is 0 Å². The third-order valence-electron chi connectivity index (χ3n) is 3.82. The van der Waals surface area contributed by atoms with Crippen molar-refractivity contribution in [2.45, 2.75) is 38.8 Å². The van der Waals surface area contributed by atoms with E-state index in [1.807, 2.05) is 18.2 Å². The maximum atomic E-state index is 12.0. The van der Waals surface area contributed by atoms with Gasteiger partial charge in [0.05, 0.1) is 11.9 Å². The Bertz CT molecular complexity index is 473. The highest BCUT2D eigenvalue weighted by molar-refractivity contribution is 7.99. The predicted octanol–water partition coefficient (Wildman–Crippen LogP) is 2.73. The smallest absolute Gasteiger partial charge is 0.234 e. The monoisotopic (exact) mass is 322 g/mol. The van der Waals surface area contributed by atoms with E-state index in [0.717, 1.165) is 55.9 Å². The van der Waals surface area contributed by atoms with E-state index in [1.54, 1.807) is 11.8 Å². The molecule has 5 heteroatoms. The number of hydrogen-bond acceptors (Lipinski definition) is 4. The lowest BCUT2D eigenvalue weighted by Crippen LogP contribution is -2.35. The summed E-state index contributed by atoms with van der Waals surface area (Å²) in [5.41, 5.74) is 2.06. The van der Waals surface area contributed by atoms with E-state index in [1.165, 1.54) is 0 Å². The zero-order valence-corrected chi connectivity index (χ0v) is 14.1. The van der Waals surface area contributed by atoms with Crippen LogP contribution in [-0.2, 0) is 11.3 Å². The van der Waals surface area contributed by atoms with Gasteiger partial charge >= 0.3 is 0 Å². The average molecular weight is 322 g/mol. The van der Waals surface area contributed by atoms with Crippen molar-refractivity contribution in [3.8, 4) is 0 Å². The zero-order valence-electron chi connectivity index (χ0n) is 13.3. The Balaban J connectivity index is 1.90. The Morgan fingerprint density at radius 1 is 1.36 bits per heavy atom. The Morgan fingerprint density at radius 2 is 2.09 bits per heavy atom. The summed E-state index contributed by atoms with van der Waals surface area (Å²) in [5.74, 6) is 1.60. The second-order valence-corrected chi connectivity index (χ2v) is 6.87. The SMILES string of the molecule is CCCSCC(=O)Nc1ccccc1CN1CCC(O)CC1. The van der Waals surface area contributed by atoms with Crippen LogP contribution in [-0.4, -0.2) is 46.6 Å². The summed E-state index contributed by atoms with van der Waals surface area (Å²) < 4.78 is 0. The van der Waals surface area contributed by atoms with E-state index in [-0.39, 0.29) is 12.0 Å². The van der Waals surface area contributed by atoms with Crippen molar-refractivity contribution in [1.82, 2.24) is 4.90 Å². The Morgan fingerprint density at radius 3 is 2.82 bits per heavy atom. The molecule has 1 fully saturated rings. The molecular weight excluding hydrogens is 296 g/mol. The van der Waals surface area contributed by atoms with Gasteiger partial charge in [-0.2, -0.15) is 11.8 Å². The highest BCUT2D eigenvalue weighted by Crippen LogP contribution is 2.20. The van der Waals surface area contributed by atoms with Crippen LogP contribution in [0.15, 0.2) is 24.3 Å². The molecule has 0 unspecified atom stereocenters. The number of nitrogens with one attached hydrogen (secondary N) is 1. The summed E-state index contributed by atoms with van der Waals surface area (Å²) in [7, 11) is 0. The molecule has 2 rings (SSSR count). The molecule has 1 amide bonds. The van der Waals surface area contributed by atoms with Gasteiger partial charge in [-0.25, -0.2) is 0 Å². The molecular formula is C17H26N2O2S. The lowest BCUT2D eigenvalue weighted by Gasteiger charge is -2.30. The molecule has 1 aliphatic heterocycles. The minimum atomic E-state index is -0.151. The van der Waals surface area contributed by atoms with E-state index in [2.05, 4.69) is 23.2 Å². The number of amides is 1. The summed E-state index contributed by atoms with van der Waals surface area (Å²) in [4.78, 5) is 14.3. The van der Waals surface area contributed by atoms with Crippen LogP contribution in [0.25, 0.3) is 0 Å². The minimum Gasteiger partial charge on any atom is -0.393 e. The van der Waals surface area contributed by atoms with Gasteiger partial charge in [-0.1, -0.05) is 25.1 Å². The first-order valence-corrected chi connectivity index (χ1v) is 9.20. The molecule has 4 nitrogen and oxygen atoms in total. The van der Waals surface area contributed by atoms with Crippen LogP contribution >= 0.6 is 11.8 Å². The van der Waals surface area contributed by atoms with Crippen molar-refractivity contribution >= 4 is 23.4 Å². The molecule has 1 aromatic carbocycles. The van der Waals surface area contributed by atoms with Gasteiger partial charge in [0.25, 0.3) is 0 Å². The molecule has 1 saturated heterocycles. The highest BCUT2D eigenvalue weighted by atomic mass is 32.2. The van der Waals surface area contributed by atoms with Crippen molar-refractivity contribution in [1.29, 1.82) is 0 Å². The van der Waals surface area contributed by atoms with E-state index in [4.69, 9.17) is 0 Å². The summed E-state index contributed by atoms with van der Waals surface area (Å²) in [6.45, 7) is 4.77. The fourth-order valence-electron chi connectivity index (χ4n) is 2.59. The molecule has 1 heterocycles. The number of anilines is 1. The van der Waals surface area contributed by atoms with Crippen LogP contribution < -0.4 is 5.32 Å². The summed E-state index contributed by atoms with van der Waals surface area (Å²) in [5, 5.41) is 12.6. The molecule has 122 valence electrons. The number of carbonyl (C=O) groups excluding carboxylic acids is 1. The van der Waals surface area contributed by atoms with Crippen molar-refractivity contribution in [3.05, 3.63) is 29.8 Å². The third-order valence-corrected chi connectivity index (χ3v) is 4.99. The number of carbonyl (C=O) groups is 1. The first-order valence-electron chi connectivity index (χ1n) is 8.05. The Kier molecular flexibility index (Phi) is 7.22. The zero-order chi connectivity index (χ0) is 15.8. The van der Waals surface area contributed by atoms with Crippen LogP contribution in [0.2, 0.25) is 0 Å². The molecule has 1 aliphatic rings. The lowest BCUT2D eigenvalue weighted by molar-refractivity contribution is -0.113. The van der Waals surface area contributed by atoms with Crippen LogP contribution in [0.3, 0.4) is 0 Å². The molecule has 0 saturated carbocycles.